The molecule has 2 aliphatic rings. The number of hydrogen-bond donors (Lipinski definition) is 0. The molecule has 0 saturated heterocycles. The summed E-state index contributed by atoms with van der Waals surface area (Å²) < 4.78 is 0. The van der Waals surface area contributed by atoms with Gasteiger partial charge in [-0.05, 0) is 87.9 Å². The van der Waals surface area contributed by atoms with E-state index in [1.54, 1.807) is 0 Å². The minimum Gasteiger partial charge on any atom is -0.0581 e. The molecule has 2 aliphatic carbocycles. The fourth-order valence-corrected chi connectivity index (χ4v) is 6.37. The van der Waals surface area contributed by atoms with Gasteiger partial charge in [0, 0.05) is 0 Å². The van der Waals surface area contributed by atoms with Crippen LogP contribution in [0.1, 0.15) is 114 Å². The van der Waals surface area contributed by atoms with E-state index in [2.05, 4.69) is 87.5 Å². The quantitative estimate of drug-likeness (QED) is 0.371. The van der Waals surface area contributed by atoms with Crippen molar-refractivity contribution in [3.63, 3.8) is 0 Å². The van der Waals surface area contributed by atoms with Gasteiger partial charge in [0.2, 0.25) is 0 Å². The van der Waals surface area contributed by atoms with E-state index in [1.165, 1.54) is 103 Å². The van der Waals surface area contributed by atoms with Crippen LogP contribution in [0.25, 0.3) is 22.3 Å². The van der Waals surface area contributed by atoms with E-state index in [1.807, 2.05) is 0 Å². The molecule has 0 atom stereocenters. The summed E-state index contributed by atoms with van der Waals surface area (Å²) in [6.45, 7) is 6.99. The third-order valence-electron chi connectivity index (χ3n) is 8.36. The van der Waals surface area contributed by atoms with Crippen LogP contribution in [0.2, 0.25) is 0 Å². The van der Waals surface area contributed by atoms with E-state index < -0.39 is 0 Å². The monoisotopic (exact) mass is 449 g/mol. The zero-order valence-electron chi connectivity index (χ0n) is 21.5. The summed E-state index contributed by atoms with van der Waals surface area (Å²) in [4.78, 5) is 0. The van der Waals surface area contributed by atoms with Crippen LogP contribution in [0.15, 0.2) is 60.7 Å². The molecule has 0 nitrogen and oxygen atoms in total. The second-order valence-electron chi connectivity index (χ2n) is 11.8. The third kappa shape index (κ3) is 5.02. The molecule has 0 bridgehead atoms. The molecule has 1 radical (unpaired) electrons. The lowest BCUT2D eigenvalue weighted by atomic mass is 9.78. The first-order valence-electron chi connectivity index (χ1n) is 13.8. The molecule has 0 aromatic heterocycles. The fourth-order valence-electron chi connectivity index (χ4n) is 6.37. The topological polar surface area (TPSA) is 0 Å². The first-order valence-corrected chi connectivity index (χ1v) is 13.8. The Balaban J connectivity index is 1.52. The number of benzene rings is 3. The summed E-state index contributed by atoms with van der Waals surface area (Å²) in [6, 6.07) is 27.1. The van der Waals surface area contributed by atoms with Crippen LogP contribution >= 0.6 is 0 Å². The lowest BCUT2D eigenvalue weighted by molar-refractivity contribution is 0.443. The van der Waals surface area contributed by atoms with Crippen LogP contribution in [0, 0.1) is 6.07 Å². The molecule has 0 heteroatoms. The zero-order chi connectivity index (χ0) is 23.5. The van der Waals surface area contributed by atoms with Crippen molar-refractivity contribution in [2.24, 2.45) is 0 Å². The normalized spacial score (nSPS) is 18.2. The van der Waals surface area contributed by atoms with Gasteiger partial charge in [-0.2, -0.15) is 0 Å². The predicted octanol–water partition coefficient (Wildman–Crippen LogP) is 10.2. The summed E-state index contributed by atoms with van der Waals surface area (Å²) >= 11 is 0. The van der Waals surface area contributed by atoms with Gasteiger partial charge in [0.1, 0.15) is 0 Å². The molecule has 5 rings (SSSR count). The maximum absolute atomic E-state index is 3.64. The molecule has 3 aromatic carbocycles. The van der Waals surface area contributed by atoms with E-state index in [9.17, 15) is 0 Å². The van der Waals surface area contributed by atoms with Crippen LogP contribution in [0.3, 0.4) is 0 Å². The van der Waals surface area contributed by atoms with Gasteiger partial charge in [0.15, 0.2) is 0 Å². The molecule has 2 fully saturated rings. The Morgan fingerprint density at radius 3 is 1.53 bits per heavy atom. The van der Waals surface area contributed by atoms with E-state index >= 15 is 0 Å². The highest BCUT2D eigenvalue weighted by Crippen LogP contribution is 2.42. The van der Waals surface area contributed by atoms with Crippen LogP contribution in [-0.2, 0) is 5.41 Å². The van der Waals surface area contributed by atoms with Crippen LogP contribution in [0.5, 0.6) is 0 Å². The smallest absolute Gasteiger partial charge is 0.00236 e. The van der Waals surface area contributed by atoms with Gasteiger partial charge in [0.05, 0.1) is 0 Å². The predicted molar refractivity (Wildman–Crippen MR) is 147 cm³/mol. The van der Waals surface area contributed by atoms with Crippen molar-refractivity contribution in [2.45, 2.75) is 102 Å². The molecule has 0 amide bonds. The third-order valence-corrected chi connectivity index (χ3v) is 8.36. The van der Waals surface area contributed by atoms with E-state index in [-0.39, 0.29) is 5.41 Å². The van der Waals surface area contributed by atoms with Gasteiger partial charge in [-0.1, -0.05) is 120 Å². The van der Waals surface area contributed by atoms with Crippen LogP contribution in [0.4, 0.5) is 0 Å². The molecule has 0 unspecified atom stereocenters. The first-order chi connectivity index (χ1) is 16.5. The molecule has 0 heterocycles. The second-order valence-corrected chi connectivity index (χ2v) is 11.8. The molecule has 0 spiro atoms. The molecule has 2 saturated carbocycles. The lowest BCUT2D eigenvalue weighted by Gasteiger charge is -2.26. The summed E-state index contributed by atoms with van der Waals surface area (Å²) in [5, 5.41) is 0. The van der Waals surface area contributed by atoms with Crippen molar-refractivity contribution < 1.29 is 0 Å². The summed E-state index contributed by atoms with van der Waals surface area (Å²) in [5.41, 5.74) is 9.74. The Morgan fingerprint density at radius 2 is 1.06 bits per heavy atom. The molecular weight excluding hydrogens is 408 g/mol. The van der Waals surface area contributed by atoms with Crippen molar-refractivity contribution in [2.75, 3.05) is 0 Å². The van der Waals surface area contributed by atoms with Crippen LogP contribution < -0.4 is 0 Å². The number of hydrogen-bond acceptors (Lipinski definition) is 0. The standard InChI is InChI=1S/C34H41/c1-34(2,3)32-16-10-15-31(29-21-17-27(18-22-29)25-11-6-4-7-12-25)33(32)30-23-19-28(20-24-30)26-13-8-5-9-14-26/h10,16-26H,4-9,11-14H2,1-3H3. The highest BCUT2D eigenvalue weighted by molar-refractivity contribution is 5.86. The SMILES string of the molecule is CC(C)(C)c1cc[c]c(-c2ccc(C3CCCCC3)cc2)c1-c1ccc(C2CCCCC2)cc1. The van der Waals surface area contributed by atoms with Gasteiger partial charge in [-0.3, -0.25) is 0 Å². The van der Waals surface area contributed by atoms with Crippen molar-refractivity contribution in [3.05, 3.63) is 83.4 Å². The van der Waals surface area contributed by atoms with Gasteiger partial charge in [0.25, 0.3) is 0 Å². The van der Waals surface area contributed by atoms with Crippen molar-refractivity contribution in [1.82, 2.24) is 0 Å². The minimum absolute atomic E-state index is 0.0727. The average Bonchev–Trinajstić information content (AvgIpc) is 2.89. The molecule has 0 N–H and O–H groups in total. The van der Waals surface area contributed by atoms with Gasteiger partial charge in [-0.15, -0.1) is 0 Å². The molecular formula is C34H41. The van der Waals surface area contributed by atoms with Gasteiger partial charge >= 0.3 is 0 Å². The molecule has 3 aromatic rings. The Hall–Kier alpha value is -2.34. The minimum atomic E-state index is 0.0727. The Kier molecular flexibility index (Phi) is 6.96. The van der Waals surface area contributed by atoms with Crippen molar-refractivity contribution in [3.8, 4) is 22.3 Å². The fraction of sp³-hybridized carbons (Fsp3) is 0.471. The Labute approximate surface area is 207 Å². The average molecular weight is 450 g/mol. The van der Waals surface area contributed by atoms with Crippen LogP contribution in [-0.4, -0.2) is 0 Å². The molecule has 177 valence electrons. The summed E-state index contributed by atoms with van der Waals surface area (Å²) in [7, 11) is 0. The largest absolute Gasteiger partial charge is 0.0581 e. The highest BCUT2D eigenvalue weighted by atomic mass is 14.3. The Bertz CT molecular complexity index is 1070. The first kappa shape index (κ1) is 23.4. The second kappa shape index (κ2) is 10.1. The van der Waals surface area contributed by atoms with Crippen molar-refractivity contribution >= 4 is 0 Å². The van der Waals surface area contributed by atoms with Crippen molar-refractivity contribution in [1.29, 1.82) is 0 Å². The van der Waals surface area contributed by atoms with E-state index in [0.717, 1.165) is 11.8 Å². The van der Waals surface area contributed by atoms with Gasteiger partial charge < -0.3 is 0 Å². The maximum atomic E-state index is 3.64. The molecule has 0 aliphatic heterocycles. The number of rotatable bonds is 4. The zero-order valence-corrected chi connectivity index (χ0v) is 21.5. The summed E-state index contributed by atoms with van der Waals surface area (Å²) in [6.07, 6.45) is 13.8. The van der Waals surface area contributed by atoms with Gasteiger partial charge in [-0.25, -0.2) is 0 Å². The highest BCUT2D eigenvalue weighted by Gasteiger charge is 2.23. The van der Waals surface area contributed by atoms with E-state index in [0.29, 0.717) is 0 Å². The molecule has 34 heavy (non-hydrogen) atoms. The summed E-state index contributed by atoms with van der Waals surface area (Å²) in [5.74, 6) is 1.50. The lowest BCUT2D eigenvalue weighted by Crippen LogP contribution is -2.13. The Morgan fingerprint density at radius 1 is 0.588 bits per heavy atom. The maximum Gasteiger partial charge on any atom is -0.00236 e. The van der Waals surface area contributed by atoms with E-state index in [4.69, 9.17) is 0 Å².